The van der Waals surface area contributed by atoms with E-state index in [0.717, 1.165) is 32.7 Å². The Hall–Kier alpha value is -5.10. The quantitative estimate of drug-likeness (QED) is 0.188. The number of amides is 2. The van der Waals surface area contributed by atoms with Crippen LogP contribution in [0.4, 0.5) is 0 Å². The lowest BCUT2D eigenvalue weighted by atomic mass is 9.90. The number of phenols is 2. The van der Waals surface area contributed by atoms with Crippen LogP contribution >= 0.6 is 0 Å². The summed E-state index contributed by atoms with van der Waals surface area (Å²) in [5.41, 5.74) is 4.00. The maximum Gasteiger partial charge on any atom is 0.255 e. The van der Waals surface area contributed by atoms with E-state index in [2.05, 4.69) is 17.2 Å². The summed E-state index contributed by atoms with van der Waals surface area (Å²) in [6.07, 6.45) is 0.555. The third kappa shape index (κ3) is 4.64. The monoisotopic (exact) mass is 528 g/mol. The largest absolute Gasteiger partial charge is 0.507 e. The van der Waals surface area contributed by atoms with Crippen LogP contribution in [0.5, 0.6) is 11.5 Å². The number of aromatic hydroxyl groups is 2. The Kier molecular flexibility index (Phi) is 6.44. The average molecular weight is 529 g/mol. The summed E-state index contributed by atoms with van der Waals surface area (Å²) in [6, 6.07) is 26.2. The van der Waals surface area contributed by atoms with E-state index in [0.29, 0.717) is 16.7 Å². The van der Waals surface area contributed by atoms with Crippen molar-refractivity contribution in [1.29, 1.82) is 0 Å². The minimum atomic E-state index is -0.383. The molecule has 0 saturated heterocycles. The van der Waals surface area contributed by atoms with Crippen molar-refractivity contribution in [2.75, 3.05) is 0 Å². The highest BCUT2D eigenvalue weighted by Crippen LogP contribution is 2.37. The zero-order valence-electron chi connectivity index (χ0n) is 21.8. The van der Waals surface area contributed by atoms with E-state index in [-0.39, 0.29) is 60.4 Å². The first-order chi connectivity index (χ1) is 19.4. The fourth-order valence-electron chi connectivity index (χ4n) is 5.49. The number of nitrogens with one attached hydrogen (secondary N) is 2. The number of hydrogen-bond donors (Lipinski definition) is 4. The Labute approximate surface area is 231 Å². The topological polar surface area (TPSA) is 98.7 Å². The summed E-state index contributed by atoms with van der Waals surface area (Å²) in [5.74, 6) is -0.943. The molecule has 0 fully saturated rings. The van der Waals surface area contributed by atoms with E-state index in [9.17, 15) is 19.8 Å². The Morgan fingerprint density at radius 1 is 0.600 bits per heavy atom. The van der Waals surface area contributed by atoms with Crippen LogP contribution in [0.15, 0.2) is 97.1 Å². The third-order valence-electron chi connectivity index (χ3n) is 7.49. The molecule has 0 aliphatic carbocycles. The van der Waals surface area contributed by atoms with Crippen LogP contribution < -0.4 is 10.6 Å². The highest BCUT2D eigenvalue weighted by molar-refractivity contribution is 6.04. The molecule has 5 aromatic rings. The average Bonchev–Trinajstić information content (AvgIpc) is 2.97. The molecule has 40 heavy (non-hydrogen) atoms. The van der Waals surface area contributed by atoms with Crippen molar-refractivity contribution in [2.45, 2.75) is 25.9 Å². The second kappa shape index (κ2) is 10.2. The van der Waals surface area contributed by atoms with Crippen molar-refractivity contribution in [3.8, 4) is 11.5 Å². The van der Waals surface area contributed by atoms with Crippen LogP contribution in [0, 0.1) is 0 Å². The van der Waals surface area contributed by atoms with Gasteiger partial charge in [-0.05, 0) is 57.6 Å². The molecule has 1 aliphatic heterocycles. The smallest absolute Gasteiger partial charge is 0.255 e. The summed E-state index contributed by atoms with van der Waals surface area (Å²) in [6.45, 7) is 4.79. The molecule has 0 atom stereocenters. The fraction of sp³-hybridized carbons (Fsp3) is 0.118. The molecule has 6 heteroatoms. The predicted octanol–water partition coefficient (Wildman–Crippen LogP) is 5.92. The molecule has 2 amide bonds. The van der Waals surface area contributed by atoms with Gasteiger partial charge < -0.3 is 20.8 Å². The Morgan fingerprint density at radius 3 is 1.52 bits per heavy atom. The van der Waals surface area contributed by atoms with Gasteiger partial charge in [0.1, 0.15) is 11.5 Å². The molecule has 0 radical (unpaired) electrons. The number of rotatable bonds is 0. The van der Waals surface area contributed by atoms with Gasteiger partial charge in [-0.1, -0.05) is 84.9 Å². The number of carbonyl (C=O) groups excluding carboxylic acids is 2. The molecule has 5 aromatic carbocycles. The first kappa shape index (κ1) is 25.2. The standard InChI is InChI=1S/C34H28N2O4/c1-20-13-27-25-11-4-2-9-23(25)16-29(31(27)37)33(39)35-18-21-7-6-8-22(15-21)19-36-34(40)30-17-24-10-3-5-12-26(24)28(14-20)32(30)38/h2-12,15-17,37-38H,1,13-14,18-19H2,(H,35,39)(H,36,40). The molecule has 6 bridgehead atoms. The fourth-order valence-corrected chi connectivity index (χ4v) is 5.49. The summed E-state index contributed by atoms with van der Waals surface area (Å²) in [4.78, 5) is 26.6. The number of hydrogen-bond acceptors (Lipinski definition) is 4. The molecule has 1 aliphatic rings. The molecule has 0 unspecified atom stereocenters. The molecule has 0 spiro atoms. The summed E-state index contributed by atoms with van der Waals surface area (Å²) in [7, 11) is 0. The van der Waals surface area contributed by atoms with Crippen LogP contribution in [-0.4, -0.2) is 22.0 Å². The van der Waals surface area contributed by atoms with E-state index in [1.54, 1.807) is 12.1 Å². The zero-order valence-corrected chi connectivity index (χ0v) is 21.8. The van der Waals surface area contributed by atoms with Crippen LogP contribution in [0.25, 0.3) is 21.5 Å². The molecular weight excluding hydrogens is 500 g/mol. The number of fused-ring (bicyclic) bond motifs is 10. The van der Waals surface area contributed by atoms with Crippen LogP contribution in [0.1, 0.15) is 43.0 Å². The molecule has 0 aromatic heterocycles. The van der Waals surface area contributed by atoms with Gasteiger partial charge in [0, 0.05) is 24.2 Å². The molecule has 1 heterocycles. The van der Waals surface area contributed by atoms with Gasteiger partial charge in [-0.15, -0.1) is 0 Å². The van der Waals surface area contributed by atoms with Crippen molar-refractivity contribution in [3.63, 3.8) is 0 Å². The van der Waals surface area contributed by atoms with E-state index in [4.69, 9.17) is 0 Å². The van der Waals surface area contributed by atoms with Crippen molar-refractivity contribution in [3.05, 3.63) is 130 Å². The first-order valence-electron chi connectivity index (χ1n) is 13.2. The SMILES string of the molecule is C=C1Cc2c(O)c(cc3ccccc23)C(=O)NCc2cccc(c2)CNC(=O)c2cc3ccccc3c(c2O)C1. The van der Waals surface area contributed by atoms with Crippen molar-refractivity contribution >= 4 is 33.4 Å². The number of carbonyl (C=O) groups is 2. The highest BCUT2D eigenvalue weighted by Gasteiger charge is 2.22. The number of allylic oxidation sites excluding steroid dienone is 1. The van der Waals surface area contributed by atoms with E-state index in [1.807, 2.05) is 72.8 Å². The second-order valence-corrected chi connectivity index (χ2v) is 10.2. The maximum atomic E-state index is 13.3. The van der Waals surface area contributed by atoms with Gasteiger partial charge in [0.25, 0.3) is 11.8 Å². The Bertz CT molecular complexity index is 1710. The van der Waals surface area contributed by atoms with Gasteiger partial charge in [0.15, 0.2) is 0 Å². The van der Waals surface area contributed by atoms with Gasteiger partial charge in [-0.25, -0.2) is 0 Å². The second-order valence-electron chi connectivity index (χ2n) is 10.2. The molecule has 0 saturated carbocycles. The van der Waals surface area contributed by atoms with E-state index >= 15 is 0 Å². The van der Waals surface area contributed by atoms with Gasteiger partial charge in [-0.2, -0.15) is 0 Å². The number of phenolic OH excluding ortho intramolecular Hbond substituents is 2. The van der Waals surface area contributed by atoms with Gasteiger partial charge >= 0.3 is 0 Å². The van der Waals surface area contributed by atoms with E-state index in [1.165, 1.54) is 0 Å². The van der Waals surface area contributed by atoms with Crippen molar-refractivity contribution < 1.29 is 19.8 Å². The van der Waals surface area contributed by atoms with E-state index < -0.39 is 0 Å². The minimum Gasteiger partial charge on any atom is -0.507 e. The first-order valence-corrected chi connectivity index (χ1v) is 13.2. The summed E-state index contributed by atoms with van der Waals surface area (Å²) < 4.78 is 0. The predicted molar refractivity (Wildman–Crippen MR) is 157 cm³/mol. The lowest BCUT2D eigenvalue weighted by molar-refractivity contribution is 0.0940. The van der Waals surface area contributed by atoms with Gasteiger partial charge in [0.2, 0.25) is 0 Å². The summed E-state index contributed by atoms with van der Waals surface area (Å²) in [5, 5.41) is 31.9. The minimum absolute atomic E-state index is 0.0885. The zero-order chi connectivity index (χ0) is 27.8. The summed E-state index contributed by atoms with van der Waals surface area (Å²) >= 11 is 0. The molecule has 198 valence electrons. The number of benzene rings is 5. The third-order valence-corrected chi connectivity index (χ3v) is 7.49. The van der Waals surface area contributed by atoms with Crippen molar-refractivity contribution in [1.82, 2.24) is 10.6 Å². The molecule has 6 nitrogen and oxygen atoms in total. The van der Waals surface area contributed by atoms with Gasteiger partial charge in [0.05, 0.1) is 11.1 Å². The maximum absolute atomic E-state index is 13.3. The molecule has 4 N–H and O–H groups in total. The van der Waals surface area contributed by atoms with Crippen LogP contribution in [0.3, 0.4) is 0 Å². The Morgan fingerprint density at radius 2 is 1.05 bits per heavy atom. The molecular formula is C34H28N2O4. The van der Waals surface area contributed by atoms with Crippen LogP contribution in [0.2, 0.25) is 0 Å². The van der Waals surface area contributed by atoms with Crippen LogP contribution in [-0.2, 0) is 25.9 Å². The Balaban J connectivity index is 1.52. The highest BCUT2D eigenvalue weighted by atomic mass is 16.3. The van der Waals surface area contributed by atoms with Crippen molar-refractivity contribution in [2.24, 2.45) is 0 Å². The molecule has 6 rings (SSSR count). The normalized spacial score (nSPS) is 14.3. The lowest BCUT2D eigenvalue weighted by Gasteiger charge is -2.18. The lowest BCUT2D eigenvalue weighted by Crippen LogP contribution is -2.24. The van der Waals surface area contributed by atoms with Gasteiger partial charge in [-0.3, -0.25) is 9.59 Å².